The van der Waals surface area contributed by atoms with Crippen LogP contribution in [-0.4, -0.2) is 14.5 Å². The van der Waals surface area contributed by atoms with Crippen molar-refractivity contribution in [3.63, 3.8) is 0 Å². The van der Waals surface area contributed by atoms with Gasteiger partial charge in [0.25, 0.3) is 0 Å². The highest BCUT2D eigenvalue weighted by atomic mass is 15.0. The van der Waals surface area contributed by atoms with Gasteiger partial charge in [-0.3, -0.25) is 4.98 Å². The lowest BCUT2D eigenvalue weighted by atomic mass is 9.84. The quantitative estimate of drug-likeness (QED) is 0.141. The molecular formula is C48H29N3. The molecule has 0 unspecified atom stereocenters. The Morgan fingerprint density at radius 1 is 0.373 bits per heavy atom. The predicted molar refractivity (Wildman–Crippen MR) is 215 cm³/mol. The molecule has 0 bridgehead atoms. The maximum Gasteiger partial charge on any atom is 0.0978 e. The van der Waals surface area contributed by atoms with E-state index in [4.69, 9.17) is 9.97 Å². The SMILES string of the molecule is c1cc(-c2c3ccccc3c(-c3c4ccccc4nc4c3ccc3cccnc34)c3ccccc23)cc(-n2c3ccccc3c3ccccc32)c1. The molecule has 3 nitrogen and oxygen atoms in total. The van der Waals surface area contributed by atoms with E-state index >= 15 is 0 Å². The molecule has 3 heteroatoms. The minimum Gasteiger partial charge on any atom is -0.309 e. The number of hydrogen-bond donors (Lipinski definition) is 0. The summed E-state index contributed by atoms with van der Waals surface area (Å²) in [7, 11) is 0. The van der Waals surface area contributed by atoms with Crippen molar-refractivity contribution in [3.05, 3.63) is 176 Å². The maximum atomic E-state index is 5.23. The van der Waals surface area contributed by atoms with E-state index in [-0.39, 0.29) is 0 Å². The van der Waals surface area contributed by atoms with Gasteiger partial charge in [0.2, 0.25) is 0 Å². The van der Waals surface area contributed by atoms with Crippen molar-refractivity contribution in [2.75, 3.05) is 0 Å². The van der Waals surface area contributed by atoms with Crippen molar-refractivity contribution in [3.8, 4) is 27.9 Å². The van der Waals surface area contributed by atoms with E-state index in [1.54, 1.807) is 0 Å². The summed E-state index contributed by atoms with van der Waals surface area (Å²) in [5.41, 5.74) is 11.2. The van der Waals surface area contributed by atoms with Crippen LogP contribution in [0.2, 0.25) is 0 Å². The minimum atomic E-state index is 0.925. The average Bonchev–Trinajstić information content (AvgIpc) is 3.54. The average molecular weight is 648 g/mol. The Labute approximate surface area is 293 Å². The first-order chi connectivity index (χ1) is 25.3. The van der Waals surface area contributed by atoms with Gasteiger partial charge >= 0.3 is 0 Å². The number of rotatable bonds is 3. The van der Waals surface area contributed by atoms with Crippen LogP contribution in [0.1, 0.15) is 0 Å². The van der Waals surface area contributed by atoms with Crippen LogP contribution < -0.4 is 0 Å². The molecule has 0 saturated heterocycles. The molecule has 0 aliphatic heterocycles. The highest BCUT2D eigenvalue weighted by Gasteiger charge is 2.22. The first kappa shape index (κ1) is 28.0. The van der Waals surface area contributed by atoms with Crippen molar-refractivity contribution >= 4 is 76.1 Å². The second-order valence-electron chi connectivity index (χ2n) is 13.3. The molecule has 51 heavy (non-hydrogen) atoms. The lowest BCUT2D eigenvalue weighted by Crippen LogP contribution is -1.96. The van der Waals surface area contributed by atoms with Gasteiger partial charge in [-0.1, -0.05) is 133 Å². The zero-order valence-corrected chi connectivity index (χ0v) is 27.6. The zero-order valence-electron chi connectivity index (χ0n) is 27.6. The number of aromatic nitrogens is 3. The molecule has 0 aliphatic carbocycles. The van der Waals surface area contributed by atoms with Gasteiger partial charge in [0, 0.05) is 44.4 Å². The number of pyridine rings is 2. The number of hydrogen-bond acceptors (Lipinski definition) is 2. The smallest absolute Gasteiger partial charge is 0.0978 e. The van der Waals surface area contributed by atoms with Crippen molar-refractivity contribution < 1.29 is 0 Å². The normalized spacial score (nSPS) is 11.9. The van der Waals surface area contributed by atoms with Gasteiger partial charge in [0.05, 0.1) is 27.6 Å². The molecule has 0 fully saturated rings. The lowest BCUT2D eigenvalue weighted by molar-refractivity contribution is 1.18. The van der Waals surface area contributed by atoms with Gasteiger partial charge in [-0.15, -0.1) is 0 Å². The van der Waals surface area contributed by atoms with Crippen molar-refractivity contribution in [2.45, 2.75) is 0 Å². The number of nitrogens with zero attached hydrogens (tertiary/aromatic N) is 3. The maximum absolute atomic E-state index is 5.23. The summed E-state index contributed by atoms with van der Waals surface area (Å²) in [5, 5.41) is 10.7. The fourth-order valence-corrected chi connectivity index (χ4v) is 8.47. The van der Waals surface area contributed by atoms with Gasteiger partial charge in [0.1, 0.15) is 0 Å². The summed E-state index contributed by atoms with van der Waals surface area (Å²) < 4.78 is 2.40. The third kappa shape index (κ3) is 4.06. The molecule has 0 radical (unpaired) electrons. The second-order valence-corrected chi connectivity index (χ2v) is 13.3. The molecule has 0 atom stereocenters. The first-order valence-electron chi connectivity index (χ1n) is 17.4. The van der Waals surface area contributed by atoms with E-state index in [0.29, 0.717) is 0 Å². The summed E-state index contributed by atoms with van der Waals surface area (Å²) in [6, 6.07) is 61.4. The van der Waals surface area contributed by atoms with Gasteiger partial charge in [-0.25, -0.2) is 4.98 Å². The number of para-hydroxylation sites is 3. The van der Waals surface area contributed by atoms with E-state index in [1.165, 1.54) is 65.6 Å². The van der Waals surface area contributed by atoms with E-state index in [0.717, 1.165) is 38.4 Å². The molecule has 0 spiro atoms. The largest absolute Gasteiger partial charge is 0.309 e. The Morgan fingerprint density at radius 2 is 0.941 bits per heavy atom. The molecular weight excluding hydrogens is 619 g/mol. The van der Waals surface area contributed by atoms with E-state index < -0.39 is 0 Å². The Bertz CT molecular complexity index is 3100. The Kier molecular flexibility index (Phi) is 5.96. The van der Waals surface area contributed by atoms with Gasteiger partial charge in [-0.2, -0.15) is 0 Å². The van der Waals surface area contributed by atoms with E-state index in [2.05, 4.69) is 168 Å². The van der Waals surface area contributed by atoms with Crippen LogP contribution >= 0.6 is 0 Å². The van der Waals surface area contributed by atoms with Crippen LogP contribution in [0, 0.1) is 0 Å². The van der Waals surface area contributed by atoms with Crippen LogP contribution in [-0.2, 0) is 0 Å². The van der Waals surface area contributed by atoms with Crippen LogP contribution in [0.15, 0.2) is 176 Å². The first-order valence-corrected chi connectivity index (χ1v) is 17.4. The monoisotopic (exact) mass is 647 g/mol. The fourth-order valence-electron chi connectivity index (χ4n) is 8.47. The van der Waals surface area contributed by atoms with Crippen LogP contribution in [0.4, 0.5) is 0 Å². The van der Waals surface area contributed by atoms with Crippen LogP contribution in [0.3, 0.4) is 0 Å². The standard InChI is InChI=1S/C48H29N3/c1-3-20-37-35(18-1)44(31-13-11-15-32(29-31)51-42-24-9-6-16-33(42)34-17-7-10-25-43(34)51)36-19-2-4-21-38(36)45(37)46-39-22-5-8-23-41(39)50-48-40(46)27-26-30-14-12-28-49-47(30)48/h1-29H. The van der Waals surface area contributed by atoms with Crippen molar-refractivity contribution in [2.24, 2.45) is 0 Å². The number of fused-ring (bicyclic) bond motifs is 9. The van der Waals surface area contributed by atoms with Gasteiger partial charge in [-0.05, 0) is 74.6 Å². The molecule has 236 valence electrons. The third-order valence-corrected chi connectivity index (χ3v) is 10.6. The fraction of sp³-hybridized carbons (Fsp3) is 0. The molecule has 0 aliphatic rings. The van der Waals surface area contributed by atoms with Crippen LogP contribution in [0.25, 0.3) is 104 Å². The molecule has 8 aromatic carbocycles. The summed E-state index contributed by atoms with van der Waals surface area (Å²) in [4.78, 5) is 10.1. The topological polar surface area (TPSA) is 30.7 Å². The molecule has 0 N–H and O–H groups in total. The second kappa shape index (κ2) is 10.8. The predicted octanol–water partition coefficient (Wildman–Crippen LogP) is 12.7. The Hall–Kier alpha value is -6.84. The molecule has 0 saturated carbocycles. The molecule has 0 amide bonds. The summed E-state index contributed by atoms with van der Waals surface area (Å²) >= 11 is 0. The summed E-state index contributed by atoms with van der Waals surface area (Å²) in [6.07, 6.45) is 1.87. The lowest BCUT2D eigenvalue weighted by Gasteiger charge is -2.20. The summed E-state index contributed by atoms with van der Waals surface area (Å²) in [5.74, 6) is 0. The Morgan fingerprint density at radius 3 is 1.63 bits per heavy atom. The third-order valence-electron chi connectivity index (χ3n) is 10.6. The molecule has 3 heterocycles. The molecule has 11 rings (SSSR count). The van der Waals surface area contributed by atoms with Gasteiger partial charge < -0.3 is 4.57 Å². The van der Waals surface area contributed by atoms with E-state index in [9.17, 15) is 0 Å². The van der Waals surface area contributed by atoms with E-state index in [1.807, 2.05) is 12.3 Å². The summed E-state index contributed by atoms with van der Waals surface area (Å²) in [6.45, 7) is 0. The highest BCUT2D eigenvalue weighted by molar-refractivity contribution is 6.28. The van der Waals surface area contributed by atoms with Crippen molar-refractivity contribution in [1.82, 2.24) is 14.5 Å². The molecule has 11 aromatic rings. The van der Waals surface area contributed by atoms with Crippen molar-refractivity contribution in [1.29, 1.82) is 0 Å². The minimum absolute atomic E-state index is 0.925. The molecule has 3 aromatic heterocycles. The Balaban J connectivity index is 1.25. The zero-order chi connectivity index (χ0) is 33.5. The van der Waals surface area contributed by atoms with Gasteiger partial charge in [0.15, 0.2) is 0 Å². The van der Waals surface area contributed by atoms with Crippen LogP contribution in [0.5, 0.6) is 0 Å². The number of benzene rings is 8. The highest BCUT2D eigenvalue weighted by Crippen LogP contribution is 2.48.